The van der Waals surface area contributed by atoms with Crippen LogP contribution in [0.5, 0.6) is 0 Å². The zero-order valence-electron chi connectivity index (χ0n) is 12.7. The van der Waals surface area contributed by atoms with Crippen molar-refractivity contribution < 1.29 is 15.0 Å². The third-order valence-corrected chi connectivity index (χ3v) is 5.65. The molecule has 23 heavy (non-hydrogen) atoms. The summed E-state index contributed by atoms with van der Waals surface area (Å²) in [5.74, 6) is -0.568. The molecular formula is C18H18O4Pb. The molecule has 0 atom stereocenters. The molecule has 0 saturated carbocycles. The summed E-state index contributed by atoms with van der Waals surface area (Å²) in [6.07, 6.45) is 1.92. The number of hydrogen-bond donors (Lipinski definition) is 0. The summed E-state index contributed by atoms with van der Waals surface area (Å²) in [6, 6.07) is 19.5. The zero-order valence-corrected chi connectivity index (χ0v) is 16.6. The molecule has 0 aliphatic heterocycles. The van der Waals surface area contributed by atoms with Crippen LogP contribution in [0.25, 0.3) is 0 Å². The van der Waals surface area contributed by atoms with Gasteiger partial charge in [-0.15, -0.1) is 0 Å². The number of benzene rings is 2. The van der Waals surface area contributed by atoms with E-state index in [9.17, 15) is 9.59 Å². The molecule has 0 saturated heterocycles. The van der Waals surface area contributed by atoms with Crippen LogP contribution in [0.3, 0.4) is 0 Å². The van der Waals surface area contributed by atoms with E-state index in [1.807, 2.05) is 60.7 Å². The monoisotopic (exact) mass is 506 g/mol. The Bertz CT molecular complexity index is 558. The Hall–Kier alpha value is -1.70. The van der Waals surface area contributed by atoms with Crippen molar-refractivity contribution in [3.63, 3.8) is 0 Å². The normalized spacial score (nSPS) is 10.1. The van der Waals surface area contributed by atoms with Crippen LogP contribution in [0, 0.1) is 0 Å². The third kappa shape index (κ3) is 7.41. The Kier molecular flexibility index (Phi) is 7.79. The van der Waals surface area contributed by atoms with Gasteiger partial charge in [0.25, 0.3) is 0 Å². The van der Waals surface area contributed by atoms with Gasteiger partial charge in [0.15, 0.2) is 0 Å². The van der Waals surface area contributed by atoms with E-state index in [-0.39, 0.29) is 11.9 Å². The summed E-state index contributed by atoms with van der Waals surface area (Å²) in [6.45, 7) is 0. The average Bonchev–Trinajstić information content (AvgIpc) is 2.60. The van der Waals surface area contributed by atoms with E-state index in [1.54, 1.807) is 0 Å². The first-order valence-corrected chi connectivity index (χ1v) is 10.6. The van der Waals surface area contributed by atoms with E-state index in [1.165, 1.54) is 0 Å². The van der Waals surface area contributed by atoms with Crippen molar-refractivity contribution >= 4 is 37.1 Å². The van der Waals surface area contributed by atoms with E-state index in [0.29, 0.717) is 25.7 Å². The van der Waals surface area contributed by atoms with Gasteiger partial charge in [-0.05, 0) is 0 Å². The van der Waals surface area contributed by atoms with E-state index in [2.05, 4.69) is 0 Å². The predicted octanol–water partition coefficient (Wildman–Crippen LogP) is 2.87. The molecule has 0 N–H and O–H groups in total. The maximum atomic E-state index is 11.6. The minimum atomic E-state index is -2.09. The summed E-state index contributed by atoms with van der Waals surface area (Å²) in [5, 5.41) is 0. The summed E-state index contributed by atoms with van der Waals surface area (Å²) < 4.78 is 10.2. The second-order valence-corrected chi connectivity index (χ2v) is 7.24. The van der Waals surface area contributed by atoms with Crippen LogP contribution < -0.4 is 0 Å². The molecule has 2 aromatic rings. The fourth-order valence-electron chi connectivity index (χ4n) is 2.00. The van der Waals surface area contributed by atoms with Crippen molar-refractivity contribution in [1.29, 1.82) is 0 Å². The fourth-order valence-corrected chi connectivity index (χ4v) is 3.68. The molecular weight excluding hydrogens is 487 g/mol. The second-order valence-electron chi connectivity index (χ2n) is 5.00. The van der Waals surface area contributed by atoms with Crippen molar-refractivity contribution in [1.82, 2.24) is 0 Å². The topological polar surface area (TPSA) is 52.6 Å². The Morgan fingerprint density at radius 3 is 1.48 bits per heavy atom. The molecule has 0 fully saturated rings. The van der Waals surface area contributed by atoms with Crippen LogP contribution in [0.15, 0.2) is 60.7 Å². The van der Waals surface area contributed by atoms with Crippen LogP contribution >= 0.6 is 0 Å². The first kappa shape index (κ1) is 17.7. The van der Waals surface area contributed by atoms with Crippen LogP contribution in [-0.2, 0) is 27.8 Å². The van der Waals surface area contributed by atoms with E-state index in [0.717, 1.165) is 11.1 Å². The van der Waals surface area contributed by atoms with Crippen molar-refractivity contribution in [2.24, 2.45) is 0 Å². The number of hydrogen-bond acceptors (Lipinski definition) is 4. The first-order valence-electron chi connectivity index (χ1n) is 7.46. The maximum absolute atomic E-state index is 11.6. The summed E-state index contributed by atoms with van der Waals surface area (Å²) in [7, 11) is 0. The minimum absolute atomic E-state index is 0.284. The van der Waals surface area contributed by atoms with Gasteiger partial charge in [0.1, 0.15) is 0 Å². The second kappa shape index (κ2) is 10.1. The average molecular weight is 506 g/mol. The van der Waals surface area contributed by atoms with Gasteiger partial charge in [-0.3, -0.25) is 0 Å². The quantitative estimate of drug-likeness (QED) is 0.518. The Morgan fingerprint density at radius 1 is 0.696 bits per heavy atom. The van der Waals surface area contributed by atoms with Gasteiger partial charge in [-0.2, -0.15) is 0 Å². The molecule has 2 aromatic carbocycles. The molecule has 2 rings (SSSR count). The molecule has 0 aliphatic carbocycles. The molecule has 4 nitrogen and oxygen atoms in total. The molecule has 2 radical (unpaired) electrons. The van der Waals surface area contributed by atoms with Crippen LogP contribution in [0.1, 0.15) is 24.0 Å². The van der Waals surface area contributed by atoms with Crippen molar-refractivity contribution in [3.8, 4) is 0 Å². The van der Waals surface area contributed by atoms with Gasteiger partial charge < -0.3 is 0 Å². The van der Waals surface area contributed by atoms with Crippen LogP contribution in [0.2, 0.25) is 0 Å². The van der Waals surface area contributed by atoms with Crippen molar-refractivity contribution in [3.05, 3.63) is 71.8 Å². The van der Waals surface area contributed by atoms with Gasteiger partial charge in [0.2, 0.25) is 0 Å². The Morgan fingerprint density at radius 2 is 1.09 bits per heavy atom. The van der Waals surface area contributed by atoms with Gasteiger partial charge in [0.05, 0.1) is 0 Å². The van der Waals surface area contributed by atoms with Gasteiger partial charge in [0, 0.05) is 0 Å². The van der Waals surface area contributed by atoms with E-state index in [4.69, 9.17) is 5.37 Å². The number of carbonyl (C=O) groups is 2. The number of rotatable bonds is 8. The molecule has 0 aliphatic rings. The SMILES string of the molecule is O=C(CCc1ccccc1)[O][Pb][O]C(=O)CCc1ccccc1. The Balaban J connectivity index is 1.57. The van der Waals surface area contributed by atoms with Crippen molar-refractivity contribution in [2.75, 3.05) is 0 Å². The summed E-state index contributed by atoms with van der Waals surface area (Å²) in [5.41, 5.74) is 2.19. The molecule has 0 spiro atoms. The Labute approximate surface area is 149 Å². The van der Waals surface area contributed by atoms with Crippen molar-refractivity contribution in [2.45, 2.75) is 25.7 Å². The number of carbonyl (C=O) groups excluding carboxylic acids is 2. The standard InChI is InChI=1S/2C9H10O2.Pb/c2*10-9(11)7-6-8-4-2-1-3-5-8;/h2*1-5H,6-7H2,(H,10,11);/q;;+2/p-2. The molecule has 0 aromatic heterocycles. The molecule has 0 bridgehead atoms. The predicted molar refractivity (Wildman–Crippen MR) is 87.5 cm³/mol. The van der Waals surface area contributed by atoms with Gasteiger partial charge >= 0.3 is 150 Å². The van der Waals surface area contributed by atoms with E-state index >= 15 is 0 Å². The van der Waals surface area contributed by atoms with Crippen LogP contribution in [-0.4, -0.2) is 37.1 Å². The summed E-state index contributed by atoms with van der Waals surface area (Å²) >= 11 is -2.09. The summed E-state index contributed by atoms with van der Waals surface area (Å²) in [4.78, 5) is 23.2. The third-order valence-electron chi connectivity index (χ3n) is 3.23. The molecule has 0 amide bonds. The van der Waals surface area contributed by atoms with Gasteiger partial charge in [-0.1, -0.05) is 0 Å². The van der Waals surface area contributed by atoms with Crippen LogP contribution in [0.4, 0.5) is 0 Å². The molecule has 5 heteroatoms. The van der Waals surface area contributed by atoms with E-state index < -0.39 is 25.1 Å². The first-order chi connectivity index (χ1) is 11.2. The number of aryl methyl sites for hydroxylation is 2. The molecule has 0 unspecified atom stereocenters. The molecule has 118 valence electrons. The van der Waals surface area contributed by atoms with Gasteiger partial charge in [-0.25, -0.2) is 0 Å². The fraction of sp³-hybridized carbons (Fsp3) is 0.222. The zero-order chi connectivity index (χ0) is 16.3. The molecule has 0 heterocycles.